The van der Waals surface area contributed by atoms with E-state index in [1.165, 1.54) is 36.9 Å². The van der Waals surface area contributed by atoms with Gasteiger partial charge in [0.2, 0.25) is 0 Å². The van der Waals surface area contributed by atoms with Gasteiger partial charge in [0.25, 0.3) is 0 Å². The largest absolute Gasteiger partial charge is 0.369 e. The fourth-order valence-corrected chi connectivity index (χ4v) is 2.80. The molecule has 1 fully saturated rings. The first-order valence-corrected chi connectivity index (χ1v) is 8.34. The molecule has 2 N–H and O–H groups in total. The van der Waals surface area contributed by atoms with Crippen LogP contribution in [0.2, 0.25) is 5.02 Å². The smallest absolute Gasteiger partial charge is 0.0459 e. The number of unbranched alkanes of at least 4 members (excludes halogenated alkanes) is 1. The molecule has 0 radical (unpaired) electrons. The van der Waals surface area contributed by atoms with E-state index in [0.29, 0.717) is 0 Å². The van der Waals surface area contributed by atoms with E-state index in [4.69, 9.17) is 17.3 Å². The van der Waals surface area contributed by atoms with Gasteiger partial charge in [-0.1, -0.05) is 37.9 Å². The van der Waals surface area contributed by atoms with Crippen molar-refractivity contribution in [1.82, 2.24) is 0 Å². The Hall–Kier alpha value is -0.730. The van der Waals surface area contributed by atoms with E-state index < -0.39 is 0 Å². The molecule has 0 spiro atoms. The van der Waals surface area contributed by atoms with Gasteiger partial charge in [0, 0.05) is 29.3 Å². The highest BCUT2D eigenvalue weighted by atomic mass is 35.5. The third kappa shape index (κ3) is 4.13. The van der Waals surface area contributed by atoms with Crippen molar-refractivity contribution in [2.24, 2.45) is 5.73 Å². The number of nitrogens with two attached hydrogens (primary N) is 1. The molecular weight excluding hydrogens is 268 g/mol. The fourth-order valence-electron chi connectivity index (χ4n) is 2.54. The topological polar surface area (TPSA) is 29.3 Å². The van der Waals surface area contributed by atoms with Crippen molar-refractivity contribution in [3.8, 4) is 0 Å². The summed E-state index contributed by atoms with van der Waals surface area (Å²) in [6, 6.07) is 7.46. The second kappa shape index (κ2) is 7.33. The number of benzene rings is 1. The monoisotopic (exact) mass is 294 g/mol. The quantitative estimate of drug-likeness (QED) is 0.770. The average Bonchev–Trinajstić information content (AvgIpc) is 3.26. The van der Waals surface area contributed by atoms with Crippen molar-refractivity contribution in [1.29, 1.82) is 0 Å². The molecule has 0 aliphatic heterocycles. The molecule has 0 heterocycles. The van der Waals surface area contributed by atoms with Crippen LogP contribution in [-0.2, 0) is 6.42 Å². The number of rotatable bonds is 8. The summed E-state index contributed by atoms with van der Waals surface area (Å²) in [4.78, 5) is 2.53. The first kappa shape index (κ1) is 15.7. The van der Waals surface area contributed by atoms with E-state index >= 15 is 0 Å². The molecule has 1 aromatic rings. The number of nitrogens with zero attached hydrogens (tertiary/aromatic N) is 1. The lowest BCUT2D eigenvalue weighted by Crippen LogP contribution is -2.27. The molecule has 0 bridgehead atoms. The van der Waals surface area contributed by atoms with Gasteiger partial charge in [0.15, 0.2) is 0 Å². The second-order valence-electron chi connectivity index (χ2n) is 5.93. The van der Waals surface area contributed by atoms with E-state index in [2.05, 4.69) is 36.9 Å². The van der Waals surface area contributed by atoms with Gasteiger partial charge in [0.05, 0.1) is 0 Å². The average molecular weight is 295 g/mol. The van der Waals surface area contributed by atoms with Crippen LogP contribution < -0.4 is 10.6 Å². The van der Waals surface area contributed by atoms with Crippen molar-refractivity contribution in [2.75, 3.05) is 11.4 Å². The lowest BCUT2D eigenvalue weighted by molar-refractivity contribution is 0.646. The lowest BCUT2D eigenvalue weighted by atomic mass is 10.0. The summed E-state index contributed by atoms with van der Waals surface area (Å²) in [6.07, 6.45) is 6.99. The predicted octanol–water partition coefficient (Wildman–Crippen LogP) is 4.39. The van der Waals surface area contributed by atoms with Gasteiger partial charge < -0.3 is 10.6 Å². The van der Waals surface area contributed by atoms with Crippen LogP contribution in [0.5, 0.6) is 0 Å². The highest BCUT2D eigenvalue weighted by Gasteiger charge is 2.29. The van der Waals surface area contributed by atoms with Crippen LogP contribution in [0, 0.1) is 0 Å². The summed E-state index contributed by atoms with van der Waals surface area (Å²) < 4.78 is 0. The molecule has 20 heavy (non-hydrogen) atoms. The number of hydrogen-bond acceptors (Lipinski definition) is 2. The van der Waals surface area contributed by atoms with Crippen LogP contribution in [0.3, 0.4) is 0 Å². The third-order valence-corrected chi connectivity index (χ3v) is 4.47. The van der Waals surface area contributed by atoms with Gasteiger partial charge in [0.1, 0.15) is 0 Å². The highest BCUT2D eigenvalue weighted by Crippen LogP contribution is 2.34. The summed E-state index contributed by atoms with van der Waals surface area (Å²) in [5.41, 5.74) is 8.48. The summed E-state index contributed by atoms with van der Waals surface area (Å²) >= 11 is 6.45. The van der Waals surface area contributed by atoms with Gasteiger partial charge in [-0.15, -0.1) is 0 Å². The van der Waals surface area contributed by atoms with E-state index in [0.717, 1.165) is 30.5 Å². The summed E-state index contributed by atoms with van der Waals surface area (Å²) in [5, 5.41) is 0.869. The maximum absolute atomic E-state index is 6.45. The summed E-state index contributed by atoms with van der Waals surface area (Å²) in [6.45, 7) is 5.51. The molecule has 112 valence electrons. The molecule has 1 aliphatic rings. The Bertz CT molecular complexity index is 429. The molecule has 0 aromatic heterocycles. The fraction of sp³-hybridized carbons (Fsp3) is 0.647. The van der Waals surface area contributed by atoms with Crippen LogP contribution in [-0.4, -0.2) is 18.6 Å². The van der Waals surface area contributed by atoms with Crippen LogP contribution >= 0.6 is 11.6 Å². The lowest BCUT2D eigenvalue weighted by Gasteiger charge is -2.25. The van der Waals surface area contributed by atoms with Crippen molar-refractivity contribution >= 4 is 17.3 Å². The number of hydrogen-bond donors (Lipinski definition) is 1. The Kier molecular flexibility index (Phi) is 5.74. The minimum atomic E-state index is 0.206. The first-order valence-electron chi connectivity index (χ1n) is 7.96. The van der Waals surface area contributed by atoms with Gasteiger partial charge in [-0.25, -0.2) is 0 Å². The van der Waals surface area contributed by atoms with Crippen LogP contribution in [0.1, 0.15) is 51.5 Å². The third-order valence-electron chi connectivity index (χ3n) is 4.11. The normalized spacial score (nSPS) is 16.2. The number of halogens is 1. The van der Waals surface area contributed by atoms with E-state index in [1.54, 1.807) is 0 Å². The van der Waals surface area contributed by atoms with Crippen LogP contribution in [0.15, 0.2) is 18.2 Å². The summed E-state index contributed by atoms with van der Waals surface area (Å²) in [7, 11) is 0. The Balaban J connectivity index is 2.09. The molecule has 1 aliphatic carbocycles. The van der Waals surface area contributed by atoms with Crippen molar-refractivity contribution < 1.29 is 0 Å². The molecule has 1 unspecified atom stereocenters. The minimum Gasteiger partial charge on any atom is -0.369 e. The maximum atomic E-state index is 6.45. The Labute approximate surface area is 128 Å². The predicted molar refractivity (Wildman–Crippen MR) is 88.7 cm³/mol. The molecule has 2 rings (SSSR count). The first-order chi connectivity index (χ1) is 9.65. The van der Waals surface area contributed by atoms with Gasteiger partial charge >= 0.3 is 0 Å². The van der Waals surface area contributed by atoms with E-state index in [-0.39, 0.29) is 6.04 Å². The molecule has 0 amide bonds. The van der Waals surface area contributed by atoms with Gasteiger partial charge in [-0.05, 0) is 49.8 Å². The molecule has 1 atom stereocenters. The van der Waals surface area contributed by atoms with Crippen LogP contribution in [0.25, 0.3) is 0 Å². The minimum absolute atomic E-state index is 0.206. The SMILES string of the molecule is CCCCN(c1ccc(CC(N)CC)c(Cl)c1)C1CC1. The maximum Gasteiger partial charge on any atom is 0.0459 e. The van der Waals surface area contributed by atoms with Crippen molar-refractivity contribution in [3.63, 3.8) is 0 Å². The Morgan fingerprint density at radius 1 is 1.35 bits per heavy atom. The van der Waals surface area contributed by atoms with Crippen molar-refractivity contribution in [2.45, 2.75) is 64.5 Å². The Morgan fingerprint density at radius 2 is 2.10 bits per heavy atom. The molecule has 1 saturated carbocycles. The molecule has 1 aromatic carbocycles. The standard InChI is InChI=1S/C17H27ClN2/c1-3-5-10-20(15-8-9-15)16-7-6-13(17(18)12-16)11-14(19)4-2/h6-7,12,14-15H,3-5,8-11,19H2,1-2H3. The van der Waals surface area contributed by atoms with Gasteiger partial charge in [-0.3, -0.25) is 0 Å². The van der Waals surface area contributed by atoms with Crippen molar-refractivity contribution in [3.05, 3.63) is 28.8 Å². The van der Waals surface area contributed by atoms with Crippen LogP contribution in [0.4, 0.5) is 5.69 Å². The summed E-state index contributed by atoms with van der Waals surface area (Å²) in [5.74, 6) is 0. The molecule has 3 heteroatoms. The van der Waals surface area contributed by atoms with Gasteiger partial charge in [-0.2, -0.15) is 0 Å². The zero-order valence-electron chi connectivity index (χ0n) is 12.7. The highest BCUT2D eigenvalue weighted by molar-refractivity contribution is 6.31. The second-order valence-corrected chi connectivity index (χ2v) is 6.33. The molecule has 2 nitrogen and oxygen atoms in total. The van der Waals surface area contributed by atoms with E-state index in [1.807, 2.05) is 0 Å². The zero-order valence-corrected chi connectivity index (χ0v) is 13.5. The molecule has 0 saturated heterocycles. The zero-order chi connectivity index (χ0) is 14.5. The van der Waals surface area contributed by atoms with E-state index in [9.17, 15) is 0 Å². The Morgan fingerprint density at radius 3 is 2.65 bits per heavy atom. The molecular formula is C17H27ClN2. The number of anilines is 1.